The molecule has 1 aliphatic carbocycles. The van der Waals surface area contributed by atoms with Gasteiger partial charge in [-0.05, 0) is 30.7 Å². The molecular formula is C13H13NO3S. The van der Waals surface area contributed by atoms with Crippen LogP contribution in [-0.2, 0) is 10.3 Å². The zero-order valence-electron chi connectivity index (χ0n) is 10.1. The molecule has 4 nitrogen and oxygen atoms in total. The van der Waals surface area contributed by atoms with E-state index in [1.807, 2.05) is 18.4 Å². The second-order valence-corrected chi connectivity index (χ2v) is 5.22. The minimum absolute atomic E-state index is 0.365. The number of ether oxygens (including phenoxy) is 2. The Balaban J connectivity index is 2.13. The van der Waals surface area contributed by atoms with Crippen molar-refractivity contribution < 1.29 is 14.3 Å². The molecule has 0 bridgehead atoms. The fraction of sp³-hybridized carbons (Fsp3) is 0.462. The van der Waals surface area contributed by atoms with Gasteiger partial charge < -0.3 is 9.47 Å². The molecule has 0 unspecified atom stereocenters. The van der Waals surface area contributed by atoms with Crippen molar-refractivity contribution in [3.63, 3.8) is 0 Å². The quantitative estimate of drug-likeness (QED) is 0.477. The second kappa shape index (κ2) is 4.34. The number of isocyanates is 1. The van der Waals surface area contributed by atoms with Gasteiger partial charge in [0.2, 0.25) is 6.08 Å². The number of rotatable bonds is 3. The van der Waals surface area contributed by atoms with Crippen LogP contribution in [0, 0.1) is 0 Å². The number of hydrogen-bond acceptors (Lipinski definition) is 5. The lowest BCUT2D eigenvalue weighted by Crippen LogP contribution is -2.17. The summed E-state index contributed by atoms with van der Waals surface area (Å²) in [6.45, 7) is 1.14. The highest BCUT2D eigenvalue weighted by molar-refractivity contribution is 7.98. The molecule has 2 aliphatic rings. The summed E-state index contributed by atoms with van der Waals surface area (Å²) in [4.78, 5) is 15.6. The van der Waals surface area contributed by atoms with Gasteiger partial charge >= 0.3 is 0 Å². The maximum Gasteiger partial charge on any atom is 0.235 e. The van der Waals surface area contributed by atoms with Crippen LogP contribution in [0.2, 0.25) is 0 Å². The predicted molar refractivity (Wildman–Crippen MR) is 68.2 cm³/mol. The zero-order valence-corrected chi connectivity index (χ0v) is 10.9. The van der Waals surface area contributed by atoms with E-state index in [1.165, 1.54) is 0 Å². The molecule has 94 valence electrons. The Morgan fingerprint density at radius 2 is 2.11 bits per heavy atom. The van der Waals surface area contributed by atoms with Crippen LogP contribution in [-0.4, -0.2) is 25.5 Å². The monoisotopic (exact) mass is 263 g/mol. The molecule has 0 radical (unpaired) electrons. The van der Waals surface area contributed by atoms with Crippen LogP contribution in [0.15, 0.2) is 22.0 Å². The molecule has 0 N–H and O–H groups in total. The molecule has 0 atom stereocenters. The van der Waals surface area contributed by atoms with Crippen molar-refractivity contribution in [1.29, 1.82) is 0 Å². The van der Waals surface area contributed by atoms with Gasteiger partial charge in [-0.2, -0.15) is 4.99 Å². The van der Waals surface area contributed by atoms with Gasteiger partial charge in [-0.15, -0.1) is 11.8 Å². The van der Waals surface area contributed by atoms with Crippen molar-refractivity contribution in [2.75, 3.05) is 19.5 Å². The van der Waals surface area contributed by atoms with Crippen molar-refractivity contribution in [3.8, 4) is 11.5 Å². The summed E-state index contributed by atoms with van der Waals surface area (Å²) in [5.41, 5.74) is 0.693. The van der Waals surface area contributed by atoms with E-state index in [-0.39, 0.29) is 5.54 Å². The first-order valence-electron chi connectivity index (χ1n) is 5.87. The number of carbonyl (C=O) groups excluding carboxylic acids is 1. The Bertz CT molecular complexity index is 533. The minimum Gasteiger partial charge on any atom is -0.486 e. The molecular weight excluding hydrogens is 250 g/mol. The van der Waals surface area contributed by atoms with Crippen LogP contribution in [0.4, 0.5) is 0 Å². The molecule has 0 saturated heterocycles. The number of hydrogen-bond donors (Lipinski definition) is 0. The van der Waals surface area contributed by atoms with Crippen LogP contribution in [0.1, 0.15) is 18.4 Å². The Kier molecular flexibility index (Phi) is 2.80. The highest BCUT2D eigenvalue weighted by atomic mass is 32.2. The molecule has 0 aromatic heterocycles. The summed E-state index contributed by atoms with van der Waals surface area (Å²) in [5.74, 6) is 1.57. The van der Waals surface area contributed by atoms with Gasteiger partial charge in [0, 0.05) is 0 Å². The van der Waals surface area contributed by atoms with Gasteiger partial charge in [0.15, 0.2) is 11.5 Å². The average Bonchev–Trinajstić information content (AvgIpc) is 3.18. The van der Waals surface area contributed by atoms with Crippen molar-refractivity contribution in [2.24, 2.45) is 4.99 Å². The van der Waals surface area contributed by atoms with Crippen LogP contribution in [0.5, 0.6) is 11.5 Å². The summed E-state index contributed by atoms with van der Waals surface area (Å²) in [6.07, 6.45) is 5.49. The van der Waals surface area contributed by atoms with E-state index in [4.69, 9.17) is 9.47 Å². The largest absolute Gasteiger partial charge is 0.486 e. The molecule has 0 spiro atoms. The first kappa shape index (κ1) is 11.6. The van der Waals surface area contributed by atoms with E-state index >= 15 is 0 Å². The Labute approximate surface area is 109 Å². The smallest absolute Gasteiger partial charge is 0.235 e. The van der Waals surface area contributed by atoms with Gasteiger partial charge in [-0.3, -0.25) is 0 Å². The van der Waals surface area contributed by atoms with Crippen LogP contribution in [0.25, 0.3) is 0 Å². The molecule has 0 amide bonds. The summed E-state index contributed by atoms with van der Waals surface area (Å²) in [7, 11) is 0. The lowest BCUT2D eigenvalue weighted by Gasteiger charge is -2.23. The second-order valence-electron chi connectivity index (χ2n) is 4.41. The molecule has 1 saturated carbocycles. The summed E-state index contributed by atoms with van der Waals surface area (Å²) >= 11 is 1.61. The number of benzene rings is 1. The van der Waals surface area contributed by atoms with Crippen molar-refractivity contribution in [3.05, 3.63) is 17.7 Å². The van der Waals surface area contributed by atoms with Crippen LogP contribution >= 0.6 is 11.8 Å². The predicted octanol–water partition coefficient (Wildman–Crippen LogP) is 2.50. The third-order valence-corrected chi connectivity index (χ3v) is 4.17. The van der Waals surface area contributed by atoms with E-state index < -0.39 is 0 Å². The highest BCUT2D eigenvalue weighted by Gasteiger charge is 2.47. The normalized spacial score (nSPS) is 18.9. The number of aliphatic imine (C=N–C) groups is 1. The van der Waals surface area contributed by atoms with Gasteiger partial charge in [0.1, 0.15) is 13.2 Å². The van der Waals surface area contributed by atoms with Gasteiger partial charge in [0.05, 0.1) is 10.4 Å². The van der Waals surface area contributed by atoms with Crippen molar-refractivity contribution >= 4 is 17.8 Å². The van der Waals surface area contributed by atoms with Crippen LogP contribution < -0.4 is 9.47 Å². The maximum absolute atomic E-state index is 10.6. The molecule has 3 rings (SSSR count). The van der Waals surface area contributed by atoms with Crippen LogP contribution in [0.3, 0.4) is 0 Å². The van der Waals surface area contributed by atoms with Gasteiger partial charge in [-0.25, -0.2) is 4.79 Å². The molecule has 1 aliphatic heterocycles. The van der Waals surface area contributed by atoms with E-state index in [2.05, 4.69) is 4.99 Å². The van der Waals surface area contributed by atoms with Gasteiger partial charge in [-0.1, -0.05) is 6.07 Å². The van der Waals surface area contributed by atoms with E-state index in [9.17, 15) is 4.79 Å². The molecule has 5 heteroatoms. The number of thioether (sulfide) groups is 1. The average molecular weight is 263 g/mol. The van der Waals surface area contributed by atoms with E-state index in [0.29, 0.717) is 13.2 Å². The maximum atomic E-state index is 10.6. The van der Waals surface area contributed by atoms with E-state index in [0.717, 1.165) is 34.8 Å². The van der Waals surface area contributed by atoms with E-state index in [1.54, 1.807) is 17.8 Å². The number of nitrogens with zero attached hydrogens (tertiary/aromatic N) is 1. The fourth-order valence-corrected chi connectivity index (χ4v) is 3.13. The lowest BCUT2D eigenvalue weighted by atomic mass is 10.0. The summed E-state index contributed by atoms with van der Waals surface area (Å²) in [5, 5.41) is 0. The SMILES string of the molecule is CSc1c(C2(N=C=O)CC2)ccc2c1OCCO2. The summed E-state index contributed by atoms with van der Waals surface area (Å²) in [6, 6.07) is 3.90. The lowest BCUT2D eigenvalue weighted by molar-refractivity contribution is 0.167. The third-order valence-electron chi connectivity index (χ3n) is 3.35. The Hall–Kier alpha value is -1.45. The molecule has 1 aromatic carbocycles. The molecule has 1 heterocycles. The first-order valence-corrected chi connectivity index (χ1v) is 7.09. The highest BCUT2D eigenvalue weighted by Crippen LogP contribution is 2.55. The molecule has 1 aromatic rings. The topological polar surface area (TPSA) is 47.9 Å². The molecule has 1 fully saturated rings. The zero-order chi connectivity index (χ0) is 12.6. The van der Waals surface area contributed by atoms with Crippen molar-refractivity contribution in [1.82, 2.24) is 0 Å². The fourth-order valence-electron chi connectivity index (χ4n) is 2.31. The van der Waals surface area contributed by atoms with Crippen molar-refractivity contribution in [2.45, 2.75) is 23.3 Å². The Morgan fingerprint density at radius 1 is 1.33 bits per heavy atom. The third kappa shape index (κ3) is 1.71. The summed E-state index contributed by atoms with van der Waals surface area (Å²) < 4.78 is 11.3. The Morgan fingerprint density at radius 3 is 2.78 bits per heavy atom. The minimum atomic E-state index is -0.365. The van der Waals surface area contributed by atoms with Gasteiger partial charge in [0.25, 0.3) is 0 Å². The molecule has 18 heavy (non-hydrogen) atoms. The standard InChI is InChI=1S/C13H13NO3S/c1-18-12-9(13(4-5-13)14-8-15)2-3-10-11(12)17-7-6-16-10/h2-3H,4-7H2,1H3. The first-order chi connectivity index (χ1) is 8.80. The number of fused-ring (bicyclic) bond motifs is 1.